The molecule has 0 N–H and O–H groups in total. The predicted molar refractivity (Wildman–Crippen MR) is 86.9 cm³/mol. The Kier molecular flexibility index (Phi) is 5.67. The van der Waals surface area contributed by atoms with Crippen molar-refractivity contribution in [3.63, 3.8) is 0 Å². The third-order valence-electron chi connectivity index (χ3n) is 3.17. The summed E-state index contributed by atoms with van der Waals surface area (Å²) in [6.07, 6.45) is 0. The average Bonchev–Trinajstić information content (AvgIpc) is 2.56. The molecule has 0 unspecified atom stereocenters. The molecule has 5 heteroatoms. The fourth-order valence-electron chi connectivity index (χ4n) is 1.91. The van der Waals surface area contributed by atoms with Gasteiger partial charge in [-0.3, -0.25) is 4.79 Å². The van der Waals surface area contributed by atoms with Gasteiger partial charge in [0.2, 0.25) is 0 Å². The van der Waals surface area contributed by atoms with Gasteiger partial charge in [0, 0.05) is 17.6 Å². The lowest BCUT2D eigenvalue weighted by molar-refractivity contribution is 0.0773. The van der Waals surface area contributed by atoms with Gasteiger partial charge in [0.15, 0.2) is 0 Å². The van der Waals surface area contributed by atoms with Crippen LogP contribution in [0.25, 0.3) is 0 Å². The maximum absolute atomic E-state index is 12.3. The number of likely N-dealkylation sites (N-methyl/N-ethyl adjacent to an activating group) is 1. The maximum atomic E-state index is 12.3. The molecule has 0 aliphatic rings. The zero-order valence-corrected chi connectivity index (χ0v) is 13.3. The van der Waals surface area contributed by atoms with Crippen molar-refractivity contribution in [2.45, 2.75) is 0 Å². The number of nitrogens with zero attached hydrogens (tertiary/aromatic N) is 1. The lowest BCUT2D eigenvalue weighted by Gasteiger charge is -2.18. The molecule has 0 spiro atoms. The molecule has 0 saturated heterocycles. The minimum atomic E-state index is -0.0707. The number of hydrogen-bond donors (Lipinski definition) is 0. The molecule has 4 nitrogen and oxygen atoms in total. The first kappa shape index (κ1) is 16.2. The second kappa shape index (κ2) is 7.71. The number of rotatable bonds is 6. The van der Waals surface area contributed by atoms with Crippen LogP contribution < -0.4 is 9.47 Å². The Morgan fingerprint density at radius 3 is 2.55 bits per heavy atom. The zero-order chi connectivity index (χ0) is 15.9. The van der Waals surface area contributed by atoms with Crippen LogP contribution in [-0.4, -0.2) is 38.1 Å². The van der Waals surface area contributed by atoms with E-state index in [9.17, 15) is 4.79 Å². The maximum Gasteiger partial charge on any atom is 0.253 e. The van der Waals surface area contributed by atoms with Crippen molar-refractivity contribution < 1.29 is 14.3 Å². The normalized spacial score (nSPS) is 10.1. The quantitative estimate of drug-likeness (QED) is 0.818. The van der Waals surface area contributed by atoms with Crippen LogP contribution in [0.15, 0.2) is 48.5 Å². The van der Waals surface area contributed by atoms with E-state index in [2.05, 4.69) is 0 Å². The Balaban J connectivity index is 1.87. The smallest absolute Gasteiger partial charge is 0.253 e. The van der Waals surface area contributed by atoms with Gasteiger partial charge in [0.05, 0.1) is 13.7 Å². The largest absolute Gasteiger partial charge is 0.497 e. The Bertz CT molecular complexity index is 628. The highest BCUT2D eigenvalue weighted by molar-refractivity contribution is 6.30. The molecule has 0 atom stereocenters. The summed E-state index contributed by atoms with van der Waals surface area (Å²) in [5, 5.41) is 0.665. The number of hydrogen-bond acceptors (Lipinski definition) is 3. The summed E-state index contributed by atoms with van der Waals surface area (Å²) in [5.41, 5.74) is 0.591. The van der Waals surface area contributed by atoms with Gasteiger partial charge in [0.1, 0.15) is 18.1 Å². The molecule has 2 aromatic carbocycles. The molecular formula is C17H18ClNO3. The highest BCUT2D eigenvalue weighted by atomic mass is 35.5. The third-order valence-corrected chi connectivity index (χ3v) is 3.42. The van der Waals surface area contributed by atoms with Gasteiger partial charge >= 0.3 is 0 Å². The van der Waals surface area contributed by atoms with Crippen molar-refractivity contribution >= 4 is 17.5 Å². The molecular weight excluding hydrogens is 302 g/mol. The van der Waals surface area contributed by atoms with Gasteiger partial charge in [-0.15, -0.1) is 0 Å². The molecule has 2 aromatic rings. The molecule has 0 aliphatic heterocycles. The lowest BCUT2D eigenvalue weighted by atomic mass is 10.2. The van der Waals surface area contributed by atoms with Crippen molar-refractivity contribution in [1.82, 2.24) is 4.90 Å². The topological polar surface area (TPSA) is 38.8 Å². The Morgan fingerprint density at radius 2 is 1.86 bits per heavy atom. The van der Waals surface area contributed by atoms with Gasteiger partial charge in [-0.1, -0.05) is 17.7 Å². The van der Waals surface area contributed by atoms with E-state index in [0.717, 1.165) is 5.75 Å². The van der Waals surface area contributed by atoms with Crippen LogP contribution in [0.2, 0.25) is 5.02 Å². The highest BCUT2D eigenvalue weighted by Crippen LogP contribution is 2.16. The van der Waals surface area contributed by atoms with Crippen LogP contribution in [0.4, 0.5) is 0 Å². The van der Waals surface area contributed by atoms with E-state index in [1.807, 2.05) is 0 Å². The summed E-state index contributed by atoms with van der Waals surface area (Å²) in [5.74, 6) is 1.32. The number of amides is 1. The van der Waals surface area contributed by atoms with Crippen LogP contribution in [0.5, 0.6) is 11.5 Å². The molecule has 0 bridgehead atoms. The summed E-state index contributed by atoms with van der Waals surface area (Å²) < 4.78 is 10.7. The first-order valence-corrected chi connectivity index (χ1v) is 7.26. The van der Waals surface area contributed by atoms with Crippen LogP contribution in [0, 0.1) is 0 Å². The zero-order valence-electron chi connectivity index (χ0n) is 12.6. The van der Waals surface area contributed by atoms with Gasteiger partial charge in [-0.25, -0.2) is 0 Å². The monoisotopic (exact) mass is 319 g/mol. The first-order chi connectivity index (χ1) is 10.6. The molecule has 1 amide bonds. The molecule has 116 valence electrons. The number of halogens is 1. The molecule has 0 aromatic heterocycles. The van der Waals surface area contributed by atoms with Crippen LogP contribution in [0.1, 0.15) is 10.4 Å². The van der Waals surface area contributed by atoms with Crippen LogP contribution in [0.3, 0.4) is 0 Å². The van der Waals surface area contributed by atoms with E-state index in [-0.39, 0.29) is 5.91 Å². The molecule has 22 heavy (non-hydrogen) atoms. The van der Waals surface area contributed by atoms with E-state index >= 15 is 0 Å². The van der Waals surface area contributed by atoms with Gasteiger partial charge in [-0.05, 0) is 42.5 Å². The van der Waals surface area contributed by atoms with Gasteiger partial charge < -0.3 is 14.4 Å². The SMILES string of the molecule is COc1cccc(C(=O)N(C)CCOc2ccc(Cl)cc2)c1. The molecule has 0 radical (unpaired) electrons. The van der Waals surface area contributed by atoms with Crippen LogP contribution >= 0.6 is 11.6 Å². The second-order valence-corrected chi connectivity index (χ2v) is 5.20. The third kappa shape index (κ3) is 4.40. The highest BCUT2D eigenvalue weighted by Gasteiger charge is 2.12. The van der Waals surface area contributed by atoms with E-state index < -0.39 is 0 Å². The van der Waals surface area contributed by atoms with E-state index in [0.29, 0.717) is 29.5 Å². The molecule has 0 saturated carbocycles. The minimum Gasteiger partial charge on any atom is -0.497 e. The number of ether oxygens (including phenoxy) is 2. The second-order valence-electron chi connectivity index (χ2n) is 4.76. The Hall–Kier alpha value is -2.20. The summed E-state index contributed by atoms with van der Waals surface area (Å²) in [7, 11) is 3.32. The number of benzene rings is 2. The molecule has 2 rings (SSSR count). The standard InChI is InChI=1S/C17H18ClNO3/c1-19(10-11-22-15-8-6-14(18)7-9-15)17(20)13-4-3-5-16(12-13)21-2/h3-9,12H,10-11H2,1-2H3. The van der Waals surface area contributed by atoms with Crippen molar-refractivity contribution in [2.24, 2.45) is 0 Å². The van der Waals surface area contributed by atoms with Crippen molar-refractivity contribution in [3.05, 3.63) is 59.1 Å². The molecule has 0 fully saturated rings. The molecule has 0 heterocycles. The fraction of sp³-hybridized carbons (Fsp3) is 0.235. The minimum absolute atomic E-state index is 0.0707. The van der Waals surface area contributed by atoms with Crippen molar-refractivity contribution in [1.29, 1.82) is 0 Å². The Morgan fingerprint density at radius 1 is 1.14 bits per heavy atom. The van der Waals surface area contributed by atoms with E-state index in [1.165, 1.54) is 0 Å². The molecule has 0 aliphatic carbocycles. The number of carbonyl (C=O) groups is 1. The lowest BCUT2D eigenvalue weighted by Crippen LogP contribution is -2.30. The van der Waals surface area contributed by atoms with Gasteiger partial charge in [0.25, 0.3) is 5.91 Å². The van der Waals surface area contributed by atoms with E-state index in [4.69, 9.17) is 21.1 Å². The van der Waals surface area contributed by atoms with Crippen molar-refractivity contribution in [3.8, 4) is 11.5 Å². The number of carbonyl (C=O) groups excluding carboxylic acids is 1. The van der Waals surface area contributed by atoms with Crippen molar-refractivity contribution in [2.75, 3.05) is 27.3 Å². The number of methoxy groups -OCH3 is 1. The summed E-state index contributed by atoms with van der Waals surface area (Å²) in [6.45, 7) is 0.895. The average molecular weight is 320 g/mol. The van der Waals surface area contributed by atoms with Crippen LogP contribution in [-0.2, 0) is 0 Å². The Labute approximate surface area is 135 Å². The van der Waals surface area contributed by atoms with E-state index in [1.54, 1.807) is 67.6 Å². The summed E-state index contributed by atoms with van der Waals surface area (Å²) in [6, 6.07) is 14.2. The van der Waals surface area contributed by atoms with Gasteiger partial charge in [-0.2, -0.15) is 0 Å². The first-order valence-electron chi connectivity index (χ1n) is 6.88. The summed E-state index contributed by atoms with van der Waals surface area (Å²) in [4.78, 5) is 13.9. The fourth-order valence-corrected chi connectivity index (χ4v) is 2.04. The summed E-state index contributed by atoms with van der Waals surface area (Å²) >= 11 is 5.81. The predicted octanol–water partition coefficient (Wildman–Crippen LogP) is 3.50.